The number of ether oxygens (including phenoxy) is 1. The summed E-state index contributed by atoms with van der Waals surface area (Å²) in [6.45, 7) is 6.05. The molecule has 1 N–H and O–H groups in total. The van der Waals surface area contributed by atoms with Gasteiger partial charge in [0.1, 0.15) is 6.33 Å². The summed E-state index contributed by atoms with van der Waals surface area (Å²) < 4.78 is 7.61. The highest BCUT2D eigenvalue weighted by Crippen LogP contribution is 2.32. The highest BCUT2D eigenvalue weighted by Gasteiger charge is 2.18. The summed E-state index contributed by atoms with van der Waals surface area (Å²) >= 11 is 7.56. The van der Waals surface area contributed by atoms with E-state index in [2.05, 4.69) is 25.7 Å². The quantitative estimate of drug-likeness (QED) is 0.644. The molecule has 1 saturated heterocycles. The van der Waals surface area contributed by atoms with Crippen molar-refractivity contribution in [3.8, 4) is 16.1 Å². The Labute approximate surface area is 177 Å². The van der Waals surface area contributed by atoms with E-state index < -0.39 is 0 Å². The number of amides is 1. The molecule has 8 nitrogen and oxygen atoms in total. The van der Waals surface area contributed by atoms with E-state index in [9.17, 15) is 4.79 Å². The first kappa shape index (κ1) is 20.0. The fourth-order valence-electron chi connectivity index (χ4n) is 3.29. The van der Waals surface area contributed by atoms with Gasteiger partial charge >= 0.3 is 0 Å². The number of hydrogen-bond donors (Lipinski definition) is 1. The van der Waals surface area contributed by atoms with Crippen molar-refractivity contribution in [2.45, 2.75) is 13.0 Å². The Kier molecular flexibility index (Phi) is 6.19. The normalized spacial score (nSPS) is 15.9. The Bertz CT molecular complexity index is 971. The monoisotopic (exact) mass is 432 g/mol. The zero-order chi connectivity index (χ0) is 20.2. The molecule has 4 rings (SSSR count). The fourth-order valence-corrected chi connectivity index (χ4v) is 4.32. The van der Waals surface area contributed by atoms with Crippen LogP contribution in [-0.2, 0) is 4.74 Å². The van der Waals surface area contributed by atoms with Crippen molar-refractivity contribution in [1.82, 2.24) is 30.4 Å². The van der Waals surface area contributed by atoms with Gasteiger partial charge in [0.15, 0.2) is 0 Å². The SMILES string of the molecule is C[C@H](CN1CCOCC1)NC(=O)c1cc(-c2ccc(Cl)s2)cc(-n2cnnn2)c1. The van der Waals surface area contributed by atoms with Crippen molar-refractivity contribution in [3.63, 3.8) is 0 Å². The second-order valence-corrected chi connectivity index (χ2v) is 8.63. The largest absolute Gasteiger partial charge is 0.379 e. The van der Waals surface area contributed by atoms with E-state index in [0.717, 1.165) is 43.3 Å². The highest BCUT2D eigenvalue weighted by atomic mass is 35.5. The maximum Gasteiger partial charge on any atom is 0.251 e. The third-order valence-corrected chi connectivity index (χ3v) is 5.94. The Morgan fingerprint density at radius 2 is 2.14 bits per heavy atom. The fraction of sp³-hybridized carbons (Fsp3) is 0.368. The molecule has 0 spiro atoms. The lowest BCUT2D eigenvalue weighted by Gasteiger charge is -2.29. The molecule has 29 heavy (non-hydrogen) atoms. The van der Waals surface area contributed by atoms with E-state index in [4.69, 9.17) is 16.3 Å². The number of nitrogens with one attached hydrogen (secondary N) is 1. The molecule has 1 aliphatic rings. The van der Waals surface area contributed by atoms with Crippen LogP contribution in [0.25, 0.3) is 16.1 Å². The zero-order valence-electron chi connectivity index (χ0n) is 15.9. The molecule has 3 aromatic rings. The first-order valence-corrected chi connectivity index (χ1v) is 10.5. The summed E-state index contributed by atoms with van der Waals surface area (Å²) in [5, 5.41) is 14.4. The van der Waals surface area contributed by atoms with E-state index in [-0.39, 0.29) is 11.9 Å². The number of hydrogen-bond acceptors (Lipinski definition) is 7. The van der Waals surface area contributed by atoms with Crippen LogP contribution in [0.4, 0.5) is 0 Å². The molecule has 1 fully saturated rings. The summed E-state index contributed by atoms with van der Waals surface area (Å²) in [5.74, 6) is -0.135. The van der Waals surface area contributed by atoms with Crippen molar-refractivity contribution < 1.29 is 9.53 Å². The lowest BCUT2D eigenvalue weighted by atomic mass is 10.1. The molecule has 3 heterocycles. The van der Waals surface area contributed by atoms with Crippen molar-refractivity contribution in [2.24, 2.45) is 0 Å². The predicted molar refractivity (Wildman–Crippen MR) is 112 cm³/mol. The van der Waals surface area contributed by atoms with Crippen LogP contribution in [0.5, 0.6) is 0 Å². The van der Waals surface area contributed by atoms with Crippen LogP contribution < -0.4 is 5.32 Å². The van der Waals surface area contributed by atoms with Crippen molar-refractivity contribution in [1.29, 1.82) is 0 Å². The zero-order valence-corrected chi connectivity index (χ0v) is 17.5. The van der Waals surface area contributed by atoms with Crippen LogP contribution in [0, 0.1) is 0 Å². The summed E-state index contributed by atoms with van der Waals surface area (Å²) in [6.07, 6.45) is 1.50. The lowest BCUT2D eigenvalue weighted by molar-refractivity contribution is 0.0342. The molecule has 0 radical (unpaired) electrons. The van der Waals surface area contributed by atoms with Gasteiger partial charge in [-0.05, 0) is 53.2 Å². The minimum atomic E-state index is -0.135. The van der Waals surface area contributed by atoms with E-state index in [1.165, 1.54) is 22.3 Å². The van der Waals surface area contributed by atoms with Gasteiger partial charge in [0.05, 0.1) is 23.2 Å². The molecule has 1 aromatic carbocycles. The molecular weight excluding hydrogens is 412 g/mol. The van der Waals surface area contributed by atoms with Crippen LogP contribution in [0.2, 0.25) is 4.34 Å². The smallest absolute Gasteiger partial charge is 0.251 e. The van der Waals surface area contributed by atoms with Gasteiger partial charge in [-0.15, -0.1) is 16.4 Å². The Morgan fingerprint density at radius 1 is 1.31 bits per heavy atom. The van der Waals surface area contributed by atoms with Crippen molar-refractivity contribution in [3.05, 3.63) is 46.6 Å². The van der Waals surface area contributed by atoms with Crippen LogP contribution in [0.15, 0.2) is 36.7 Å². The van der Waals surface area contributed by atoms with Crippen molar-refractivity contribution in [2.75, 3.05) is 32.8 Å². The summed E-state index contributed by atoms with van der Waals surface area (Å²) in [7, 11) is 0. The average Bonchev–Trinajstić information content (AvgIpc) is 3.40. The summed E-state index contributed by atoms with van der Waals surface area (Å²) in [4.78, 5) is 16.2. The van der Waals surface area contributed by atoms with Crippen LogP contribution >= 0.6 is 22.9 Å². The molecule has 152 valence electrons. The maximum absolute atomic E-state index is 13.0. The molecule has 2 aromatic heterocycles. The number of carbonyl (C=O) groups is 1. The number of thiophene rings is 1. The van der Waals surface area contributed by atoms with Crippen LogP contribution in [0.3, 0.4) is 0 Å². The molecule has 1 amide bonds. The van der Waals surface area contributed by atoms with E-state index >= 15 is 0 Å². The van der Waals surface area contributed by atoms with Gasteiger partial charge in [-0.2, -0.15) is 0 Å². The highest BCUT2D eigenvalue weighted by molar-refractivity contribution is 7.19. The van der Waals surface area contributed by atoms with Gasteiger partial charge in [-0.3, -0.25) is 9.69 Å². The van der Waals surface area contributed by atoms with E-state index in [1.807, 2.05) is 31.2 Å². The van der Waals surface area contributed by atoms with Gasteiger partial charge in [-0.1, -0.05) is 11.6 Å². The second kappa shape index (κ2) is 9.00. The number of nitrogens with zero attached hydrogens (tertiary/aromatic N) is 5. The molecule has 0 aliphatic carbocycles. The Hall–Kier alpha value is -2.33. The Morgan fingerprint density at radius 3 is 2.83 bits per heavy atom. The molecule has 1 atom stereocenters. The molecule has 0 saturated carbocycles. The molecular formula is C19H21ClN6O2S. The van der Waals surface area contributed by atoms with Gasteiger partial charge < -0.3 is 10.1 Å². The number of carbonyl (C=O) groups excluding carboxylic acids is 1. The Balaban J connectivity index is 1.56. The molecule has 1 aliphatic heterocycles. The van der Waals surface area contributed by atoms with Gasteiger partial charge in [0.2, 0.25) is 0 Å². The molecule has 0 bridgehead atoms. The van der Waals surface area contributed by atoms with Gasteiger partial charge in [0, 0.05) is 36.1 Å². The lowest BCUT2D eigenvalue weighted by Crippen LogP contribution is -2.46. The first-order chi connectivity index (χ1) is 14.1. The third-order valence-electron chi connectivity index (χ3n) is 4.66. The molecule has 10 heteroatoms. The van der Waals surface area contributed by atoms with Crippen molar-refractivity contribution >= 4 is 28.8 Å². The van der Waals surface area contributed by atoms with Crippen LogP contribution in [-0.4, -0.2) is 69.9 Å². The second-order valence-electron chi connectivity index (χ2n) is 6.91. The van der Waals surface area contributed by atoms with Crippen LogP contribution in [0.1, 0.15) is 17.3 Å². The predicted octanol–water partition coefficient (Wildman–Crippen LogP) is 2.49. The number of rotatable bonds is 6. The topological polar surface area (TPSA) is 85.2 Å². The minimum absolute atomic E-state index is 0.0110. The first-order valence-electron chi connectivity index (χ1n) is 9.33. The van der Waals surface area contributed by atoms with Gasteiger partial charge in [-0.25, -0.2) is 4.68 Å². The van der Waals surface area contributed by atoms with E-state index in [0.29, 0.717) is 15.6 Å². The number of benzene rings is 1. The summed E-state index contributed by atoms with van der Waals surface area (Å²) in [5.41, 5.74) is 2.15. The average molecular weight is 433 g/mol. The minimum Gasteiger partial charge on any atom is -0.379 e. The number of morpholine rings is 1. The third kappa shape index (κ3) is 4.99. The number of halogens is 1. The standard InChI is InChI=1S/C19H21ClN6O2S/c1-13(11-25-4-6-28-7-5-25)22-19(27)15-8-14(17-2-3-18(20)29-17)9-16(10-15)26-12-21-23-24-26/h2-3,8-10,12-13H,4-7,11H2,1H3,(H,22,27)/t13-/m1/s1. The number of aromatic nitrogens is 4. The maximum atomic E-state index is 13.0. The van der Waals surface area contributed by atoms with E-state index in [1.54, 1.807) is 6.07 Å². The number of tetrazole rings is 1. The summed E-state index contributed by atoms with van der Waals surface area (Å²) in [6, 6.07) is 9.38. The molecule has 0 unspecified atom stereocenters. The van der Waals surface area contributed by atoms with Gasteiger partial charge in [0.25, 0.3) is 5.91 Å².